The first kappa shape index (κ1) is 18.9. The van der Waals surface area contributed by atoms with Gasteiger partial charge in [-0.05, 0) is 55.5 Å². The first-order valence-corrected chi connectivity index (χ1v) is 10.1. The summed E-state index contributed by atoms with van der Waals surface area (Å²) in [5, 5.41) is 3.16. The molecule has 2 N–H and O–H groups in total. The van der Waals surface area contributed by atoms with Crippen LogP contribution in [0, 0.1) is 6.92 Å². The van der Waals surface area contributed by atoms with Crippen molar-refractivity contribution in [3.8, 4) is 0 Å². The number of aryl methyl sites for hydroxylation is 1. The van der Waals surface area contributed by atoms with E-state index in [1.165, 1.54) is 0 Å². The highest BCUT2D eigenvalue weighted by Crippen LogP contribution is 2.20. The smallest absolute Gasteiger partial charge is 0.306 e. The largest absolute Gasteiger partial charge is 0.355 e. The van der Waals surface area contributed by atoms with Gasteiger partial charge in [-0.2, -0.15) is 0 Å². The number of hydrogen-bond donors (Lipinski definition) is 2. The van der Waals surface area contributed by atoms with Gasteiger partial charge in [0.05, 0.1) is 4.90 Å². The summed E-state index contributed by atoms with van der Waals surface area (Å²) in [7, 11) is -3.23. The van der Waals surface area contributed by atoms with Crippen LogP contribution in [0.25, 0.3) is 0 Å². The molecule has 1 atom stereocenters. The number of rotatable bonds is 4. The maximum Gasteiger partial charge on any atom is 0.355 e. The number of amides is 2. The lowest BCUT2D eigenvalue weighted by molar-refractivity contribution is 0.260. The predicted octanol–water partition coefficient (Wildman–Crippen LogP) is 5.73. The molecule has 0 spiro atoms. The molecular formula is C20H18ClN3O2S. The van der Waals surface area contributed by atoms with Crippen LogP contribution >= 0.6 is 11.6 Å². The second-order valence-electron chi connectivity index (χ2n) is 5.84. The van der Waals surface area contributed by atoms with Gasteiger partial charge in [0.1, 0.15) is 0 Å². The number of nitrogens with one attached hydrogen (secondary N) is 2. The van der Waals surface area contributed by atoms with Crippen LogP contribution < -0.4 is 10.0 Å². The number of carbonyl (C=O) groups excluding carboxylic acids is 1. The van der Waals surface area contributed by atoms with Crippen molar-refractivity contribution in [3.63, 3.8) is 0 Å². The van der Waals surface area contributed by atoms with Crippen LogP contribution in [-0.2, 0) is 9.92 Å². The maximum atomic E-state index is 13.6. The second kappa shape index (κ2) is 8.24. The van der Waals surface area contributed by atoms with E-state index in [9.17, 15) is 9.00 Å². The molecule has 0 heterocycles. The minimum absolute atomic E-state index is 0.420. The van der Waals surface area contributed by atoms with Crippen molar-refractivity contribution >= 4 is 38.9 Å². The van der Waals surface area contributed by atoms with Crippen LogP contribution in [0.5, 0.6) is 0 Å². The average molecular weight is 400 g/mol. The lowest BCUT2D eigenvalue weighted by Gasteiger charge is -2.13. The van der Waals surface area contributed by atoms with E-state index < -0.39 is 15.9 Å². The van der Waals surface area contributed by atoms with E-state index in [0.29, 0.717) is 21.3 Å². The fraction of sp³-hybridized carbons (Fsp3) is 0.0500. The van der Waals surface area contributed by atoms with Gasteiger partial charge in [-0.15, -0.1) is 4.36 Å². The fourth-order valence-electron chi connectivity index (χ4n) is 2.32. The Morgan fingerprint density at radius 3 is 2.15 bits per heavy atom. The van der Waals surface area contributed by atoms with Crippen LogP contribution in [0.1, 0.15) is 5.56 Å². The van der Waals surface area contributed by atoms with Gasteiger partial charge in [-0.1, -0.05) is 47.5 Å². The molecular weight excluding hydrogens is 382 g/mol. The van der Waals surface area contributed by atoms with E-state index >= 15 is 0 Å². The van der Waals surface area contributed by atoms with Gasteiger partial charge < -0.3 is 5.32 Å². The number of hydrogen-bond acceptors (Lipinski definition) is 2. The molecule has 3 rings (SSSR count). The number of anilines is 2. The first-order valence-electron chi connectivity index (χ1n) is 8.18. The fourth-order valence-corrected chi connectivity index (χ4v) is 3.95. The van der Waals surface area contributed by atoms with Crippen LogP contribution in [0.15, 0.2) is 88.1 Å². The van der Waals surface area contributed by atoms with Crippen molar-refractivity contribution in [3.05, 3.63) is 89.4 Å². The second-order valence-corrected chi connectivity index (χ2v) is 8.18. The molecule has 0 saturated carbocycles. The third-order valence-electron chi connectivity index (χ3n) is 3.68. The van der Waals surface area contributed by atoms with E-state index in [1.54, 1.807) is 48.5 Å². The Morgan fingerprint density at radius 2 is 1.52 bits per heavy atom. The first-order chi connectivity index (χ1) is 12.9. The summed E-state index contributed by atoms with van der Waals surface area (Å²) < 4.78 is 20.4. The standard InChI is InChI=1S/C20H18ClN3O2S/c1-15-7-13-19(14-8-15)27(26,23-18-5-3-2-4-6-18)24-20(25)22-17-11-9-16(21)10-12-17/h2-14H,1H3,(H2,22,23,24,25,26). The molecule has 3 aromatic carbocycles. The maximum absolute atomic E-state index is 13.6. The predicted molar refractivity (Wildman–Crippen MR) is 111 cm³/mol. The average Bonchev–Trinajstić information content (AvgIpc) is 2.64. The summed E-state index contributed by atoms with van der Waals surface area (Å²) in [6, 6.07) is 21.9. The van der Waals surface area contributed by atoms with Crippen molar-refractivity contribution in [1.29, 1.82) is 0 Å². The molecule has 0 aliphatic heterocycles. The van der Waals surface area contributed by atoms with Crippen LogP contribution in [0.3, 0.4) is 0 Å². The molecule has 1 unspecified atom stereocenters. The van der Waals surface area contributed by atoms with Gasteiger partial charge in [-0.3, -0.25) is 4.72 Å². The number of halogens is 1. The van der Waals surface area contributed by atoms with Crippen LogP contribution in [0.4, 0.5) is 16.2 Å². The normalized spacial score (nSPS) is 12.7. The number of para-hydroxylation sites is 1. The highest BCUT2D eigenvalue weighted by Gasteiger charge is 2.16. The summed E-state index contributed by atoms with van der Waals surface area (Å²) in [5.41, 5.74) is 2.13. The minimum atomic E-state index is -3.23. The zero-order valence-electron chi connectivity index (χ0n) is 14.6. The molecule has 0 aromatic heterocycles. The quantitative estimate of drug-likeness (QED) is 0.587. The number of benzene rings is 3. The molecule has 3 aromatic rings. The van der Waals surface area contributed by atoms with Gasteiger partial charge >= 0.3 is 6.03 Å². The molecule has 0 aliphatic carbocycles. The van der Waals surface area contributed by atoms with Crippen molar-refractivity contribution in [1.82, 2.24) is 0 Å². The zero-order chi connectivity index (χ0) is 19.3. The number of nitrogens with zero attached hydrogens (tertiary/aromatic N) is 1. The third kappa shape index (κ3) is 5.09. The van der Waals surface area contributed by atoms with E-state index in [4.69, 9.17) is 11.6 Å². The van der Waals surface area contributed by atoms with E-state index in [1.807, 2.05) is 37.3 Å². The van der Waals surface area contributed by atoms with Gasteiger partial charge in [0.15, 0.2) is 9.92 Å². The highest BCUT2D eigenvalue weighted by molar-refractivity contribution is 7.95. The minimum Gasteiger partial charge on any atom is -0.306 e. The van der Waals surface area contributed by atoms with Crippen molar-refractivity contribution in [2.75, 3.05) is 10.0 Å². The van der Waals surface area contributed by atoms with E-state index in [0.717, 1.165) is 5.56 Å². The number of carbonyl (C=O) groups is 1. The lowest BCUT2D eigenvalue weighted by atomic mass is 10.2. The van der Waals surface area contributed by atoms with Crippen LogP contribution in [-0.4, -0.2) is 10.2 Å². The number of urea groups is 1. The van der Waals surface area contributed by atoms with Crippen molar-refractivity contribution in [2.45, 2.75) is 11.8 Å². The topological polar surface area (TPSA) is 70.6 Å². The molecule has 2 amide bonds. The Bertz CT molecular complexity index is 1040. The summed E-state index contributed by atoms with van der Waals surface area (Å²) in [4.78, 5) is 12.8. The molecule has 7 heteroatoms. The third-order valence-corrected chi connectivity index (χ3v) is 5.78. The zero-order valence-corrected chi connectivity index (χ0v) is 16.1. The monoisotopic (exact) mass is 399 g/mol. The summed E-state index contributed by atoms with van der Waals surface area (Å²) in [5.74, 6) is 0. The van der Waals surface area contributed by atoms with E-state index in [2.05, 4.69) is 14.4 Å². The van der Waals surface area contributed by atoms with Crippen LogP contribution in [0.2, 0.25) is 5.02 Å². The summed E-state index contributed by atoms with van der Waals surface area (Å²) in [6.45, 7) is 1.93. The molecule has 0 bridgehead atoms. The Labute approximate surface area is 163 Å². The molecule has 0 fully saturated rings. The highest BCUT2D eigenvalue weighted by atomic mass is 35.5. The Balaban J connectivity index is 1.96. The SMILES string of the molecule is Cc1ccc(S(=O)(=NC(=O)Nc2ccc(Cl)cc2)Nc2ccccc2)cc1. The Kier molecular flexibility index (Phi) is 5.78. The summed E-state index contributed by atoms with van der Waals surface area (Å²) >= 11 is 5.85. The lowest BCUT2D eigenvalue weighted by Crippen LogP contribution is -2.17. The molecule has 5 nitrogen and oxygen atoms in total. The Morgan fingerprint density at radius 1 is 0.889 bits per heavy atom. The molecule has 27 heavy (non-hydrogen) atoms. The van der Waals surface area contributed by atoms with Crippen molar-refractivity contribution < 1.29 is 9.00 Å². The van der Waals surface area contributed by atoms with Gasteiger partial charge in [0, 0.05) is 16.4 Å². The Hall–Kier alpha value is -2.83. The molecule has 0 saturated heterocycles. The molecule has 0 aliphatic rings. The van der Waals surface area contributed by atoms with Gasteiger partial charge in [0.2, 0.25) is 0 Å². The molecule has 0 radical (unpaired) electrons. The summed E-state index contributed by atoms with van der Waals surface area (Å²) in [6.07, 6.45) is 0. The van der Waals surface area contributed by atoms with Crippen molar-refractivity contribution in [2.24, 2.45) is 4.36 Å². The molecule has 138 valence electrons. The van der Waals surface area contributed by atoms with Gasteiger partial charge in [-0.25, -0.2) is 9.00 Å². The van der Waals surface area contributed by atoms with E-state index in [-0.39, 0.29) is 0 Å². The van der Waals surface area contributed by atoms with Gasteiger partial charge in [0.25, 0.3) is 0 Å².